The maximum atomic E-state index is 12.2. The molecule has 0 bridgehead atoms. The predicted molar refractivity (Wildman–Crippen MR) is 108 cm³/mol. The maximum absolute atomic E-state index is 12.2. The lowest BCUT2D eigenvalue weighted by Gasteiger charge is -2.11. The van der Waals surface area contributed by atoms with Crippen molar-refractivity contribution in [3.63, 3.8) is 0 Å². The van der Waals surface area contributed by atoms with Gasteiger partial charge in [-0.15, -0.1) is 11.3 Å². The molecule has 1 heterocycles. The highest BCUT2D eigenvalue weighted by atomic mass is 32.1. The second kappa shape index (κ2) is 9.94. The number of aryl methyl sites for hydroxylation is 1. The molecule has 0 spiro atoms. The van der Waals surface area contributed by atoms with Crippen LogP contribution in [-0.2, 0) is 27.2 Å². The number of fused-ring (bicyclic) bond motifs is 1. The number of benzene rings is 1. The molecule has 1 amide bonds. The third kappa shape index (κ3) is 5.27. The molecule has 152 valence electrons. The number of para-hydroxylation sites is 2. The highest BCUT2D eigenvalue weighted by molar-refractivity contribution is 7.16. The molecule has 0 radical (unpaired) electrons. The van der Waals surface area contributed by atoms with Gasteiger partial charge in [0.1, 0.15) is 11.1 Å². The largest absolute Gasteiger partial charge is 0.490 e. The summed E-state index contributed by atoms with van der Waals surface area (Å²) in [4.78, 5) is 25.2. The van der Waals surface area contributed by atoms with E-state index in [1.54, 1.807) is 24.3 Å². The minimum Gasteiger partial charge on any atom is -0.490 e. The molecule has 7 nitrogen and oxygen atoms in total. The van der Waals surface area contributed by atoms with Crippen molar-refractivity contribution in [3.05, 3.63) is 40.3 Å². The molecule has 0 unspecified atom stereocenters. The minimum atomic E-state index is -0.669. The Morgan fingerprint density at radius 2 is 1.86 bits per heavy atom. The zero-order valence-corrected chi connectivity index (χ0v) is 17.0. The second-order valence-corrected chi connectivity index (χ2v) is 7.51. The number of hydrogen-bond donors (Lipinski definition) is 1. The van der Waals surface area contributed by atoms with E-state index in [9.17, 15) is 14.9 Å². The Labute approximate surface area is 173 Å². The average Bonchev–Trinajstić information content (AvgIpc) is 3.08. The first-order valence-electron chi connectivity index (χ1n) is 9.47. The number of nitrogens with zero attached hydrogens (tertiary/aromatic N) is 1. The fourth-order valence-electron chi connectivity index (χ4n) is 3.10. The molecule has 0 aliphatic heterocycles. The van der Waals surface area contributed by atoms with Gasteiger partial charge in [-0.2, -0.15) is 5.26 Å². The molecule has 1 aromatic heterocycles. The molecule has 2 aromatic rings. The summed E-state index contributed by atoms with van der Waals surface area (Å²) in [5.74, 6) is -0.189. The van der Waals surface area contributed by atoms with Gasteiger partial charge in [0.25, 0.3) is 5.91 Å². The Balaban J connectivity index is 1.49. The van der Waals surface area contributed by atoms with Crippen molar-refractivity contribution >= 4 is 28.2 Å². The summed E-state index contributed by atoms with van der Waals surface area (Å²) >= 11 is 1.43. The first kappa shape index (κ1) is 20.7. The normalized spacial score (nSPS) is 12.4. The zero-order valence-electron chi connectivity index (χ0n) is 16.2. The molecule has 0 saturated carbocycles. The van der Waals surface area contributed by atoms with Crippen LogP contribution in [0.4, 0.5) is 5.00 Å². The van der Waals surface area contributed by atoms with Crippen molar-refractivity contribution in [3.8, 4) is 17.6 Å². The fraction of sp³-hybridized carbons (Fsp3) is 0.381. The van der Waals surface area contributed by atoms with Crippen LogP contribution in [0.3, 0.4) is 0 Å². The van der Waals surface area contributed by atoms with Crippen LogP contribution < -0.4 is 14.8 Å². The van der Waals surface area contributed by atoms with Crippen molar-refractivity contribution in [1.29, 1.82) is 5.26 Å². The highest BCUT2D eigenvalue weighted by Gasteiger charge is 2.22. The van der Waals surface area contributed by atoms with E-state index < -0.39 is 18.5 Å². The molecule has 3 rings (SSSR count). The molecule has 1 aliphatic rings. The number of nitrogens with one attached hydrogen (secondary N) is 1. The van der Waals surface area contributed by atoms with Gasteiger partial charge in [0.05, 0.1) is 12.2 Å². The Bertz CT molecular complexity index is 932. The summed E-state index contributed by atoms with van der Waals surface area (Å²) in [6.07, 6.45) is 3.94. The average molecular weight is 414 g/mol. The maximum Gasteiger partial charge on any atom is 0.344 e. The second-order valence-electron chi connectivity index (χ2n) is 6.40. The number of anilines is 1. The van der Waals surface area contributed by atoms with Crippen LogP contribution in [0, 0.1) is 11.3 Å². The van der Waals surface area contributed by atoms with E-state index in [1.807, 2.05) is 6.92 Å². The minimum absolute atomic E-state index is 0.339. The summed E-state index contributed by atoms with van der Waals surface area (Å²) in [5, 5.41) is 12.6. The van der Waals surface area contributed by atoms with Gasteiger partial charge >= 0.3 is 5.97 Å². The number of hydrogen-bond acceptors (Lipinski definition) is 7. The van der Waals surface area contributed by atoms with Crippen LogP contribution in [-0.4, -0.2) is 31.7 Å². The van der Waals surface area contributed by atoms with Gasteiger partial charge < -0.3 is 19.5 Å². The van der Waals surface area contributed by atoms with Gasteiger partial charge in [0.2, 0.25) is 0 Å². The van der Waals surface area contributed by atoms with E-state index in [1.165, 1.54) is 11.3 Å². The molecule has 1 aromatic carbocycles. The molecular formula is C21H22N2O5S. The molecule has 0 saturated heterocycles. The fourth-order valence-corrected chi connectivity index (χ4v) is 4.36. The van der Waals surface area contributed by atoms with Gasteiger partial charge in [-0.25, -0.2) is 4.79 Å². The topological polar surface area (TPSA) is 97.7 Å². The van der Waals surface area contributed by atoms with Crippen molar-refractivity contribution in [2.75, 3.05) is 25.1 Å². The Morgan fingerprint density at radius 3 is 2.59 bits per heavy atom. The summed E-state index contributed by atoms with van der Waals surface area (Å²) in [6.45, 7) is 1.55. The molecule has 0 fully saturated rings. The molecule has 1 N–H and O–H groups in total. The number of thiophene rings is 1. The first-order valence-corrected chi connectivity index (χ1v) is 10.3. The van der Waals surface area contributed by atoms with E-state index in [4.69, 9.17) is 14.2 Å². The number of ether oxygens (including phenoxy) is 3. The number of amides is 1. The van der Waals surface area contributed by atoms with Crippen molar-refractivity contribution in [2.24, 2.45) is 0 Å². The van der Waals surface area contributed by atoms with E-state index in [0.29, 0.717) is 28.7 Å². The highest BCUT2D eigenvalue weighted by Crippen LogP contribution is 2.37. The molecule has 0 atom stereocenters. The van der Waals surface area contributed by atoms with E-state index >= 15 is 0 Å². The summed E-state index contributed by atoms with van der Waals surface area (Å²) < 4.78 is 15.8. The van der Waals surface area contributed by atoms with Gasteiger partial charge in [-0.1, -0.05) is 12.1 Å². The summed E-state index contributed by atoms with van der Waals surface area (Å²) in [7, 11) is 0. The van der Waals surface area contributed by atoms with Crippen LogP contribution in [0.25, 0.3) is 0 Å². The van der Waals surface area contributed by atoms with Crippen molar-refractivity contribution in [2.45, 2.75) is 32.6 Å². The summed E-state index contributed by atoms with van der Waals surface area (Å²) in [6, 6.07) is 9.18. The third-order valence-corrected chi connectivity index (χ3v) is 5.60. The Morgan fingerprint density at radius 1 is 1.14 bits per heavy atom. The van der Waals surface area contributed by atoms with Gasteiger partial charge in [0.15, 0.2) is 24.7 Å². The van der Waals surface area contributed by atoms with Crippen LogP contribution in [0.15, 0.2) is 24.3 Å². The van der Waals surface area contributed by atoms with E-state index in [2.05, 4.69) is 11.4 Å². The van der Waals surface area contributed by atoms with E-state index in [0.717, 1.165) is 36.1 Å². The molecule has 29 heavy (non-hydrogen) atoms. The van der Waals surface area contributed by atoms with Gasteiger partial charge in [-0.3, -0.25) is 4.79 Å². The predicted octanol–water partition coefficient (Wildman–Crippen LogP) is 3.46. The SMILES string of the molecule is CCOc1ccccc1OCC(=O)OCC(=O)Nc1sc2c(c1C#N)CCCC2. The Kier molecular flexibility index (Phi) is 7.09. The number of carbonyl (C=O) groups is 2. The lowest BCUT2D eigenvalue weighted by Crippen LogP contribution is -2.23. The molecular weight excluding hydrogens is 392 g/mol. The lowest BCUT2D eigenvalue weighted by atomic mass is 9.96. The number of esters is 1. The van der Waals surface area contributed by atoms with Crippen molar-refractivity contribution < 1.29 is 23.8 Å². The smallest absolute Gasteiger partial charge is 0.344 e. The Hall–Kier alpha value is -3.05. The van der Waals surface area contributed by atoms with Crippen LogP contribution >= 0.6 is 11.3 Å². The number of carbonyl (C=O) groups excluding carboxylic acids is 2. The van der Waals surface area contributed by atoms with Crippen LogP contribution in [0.5, 0.6) is 11.5 Å². The van der Waals surface area contributed by atoms with Crippen LogP contribution in [0.1, 0.15) is 35.8 Å². The zero-order chi connectivity index (χ0) is 20.6. The lowest BCUT2D eigenvalue weighted by molar-refractivity contribution is -0.149. The summed E-state index contributed by atoms with van der Waals surface area (Å²) in [5.41, 5.74) is 1.57. The van der Waals surface area contributed by atoms with Gasteiger partial charge in [0, 0.05) is 4.88 Å². The van der Waals surface area contributed by atoms with E-state index in [-0.39, 0.29) is 6.61 Å². The number of nitriles is 1. The van der Waals surface area contributed by atoms with Crippen molar-refractivity contribution in [1.82, 2.24) is 0 Å². The van der Waals surface area contributed by atoms with Gasteiger partial charge in [-0.05, 0) is 50.3 Å². The standard InChI is InChI=1S/C21H22N2O5S/c1-2-26-16-8-4-5-9-17(16)27-13-20(25)28-12-19(24)23-21-15(11-22)14-7-3-6-10-18(14)29-21/h4-5,8-9H,2-3,6-7,10,12-13H2,1H3,(H,23,24). The monoisotopic (exact) mass is 414 g/mol. The van der Waals surface area contributed by atoms with Crippen LogP contribution in [0.2, 0.25) is 0 Å². The third-order valence-electron chi connectivity index (χ3n) is 4.39. The first-order chi connectivity index (χ1) is 14.1. The quantitative estimate of drug-likeness (QED) is 0.665. The number of rotatable bonds is 8. The molecule has 8 heteroatoms. The molecule has 1 aliphatic carbocycles.